The topological polar surface area (TPSA) is 68.5 Å². The number of ether oxygens (including phenoxy) is 1. The van der Waals surface area contributed by atoms with Crippen LogP contribution in [0.5, 0.6) is 5.75 Å². The van der Waals surface area contributed by atoms with Crippen LogP contribution in [0.1, 0.15) is 18.6 Å². The molecule has 0 spiro atoms. The van der Waals surface area contributed by atoms with Crippen molar-refractivity contribution in [1.82, 2.24) is 15.0 Å². The molecule has 2 rings (SSSR count). The highest BCUT2D eigenvalue weighted by atomic mass is 79.9. The molecule has 0 aliphatic carbocycles. The molecule has 0 saturated heterocycles. The fourth-order valence-electron chi connectivity index (χ4n) is 1.63. The number of aromatic nitrogens is 2. The van der Waals surface area contributed by atoms with Crippen molar-refractivity contribution in [3.63, 3.8) is 0 Å². The average molecular weight is 372 g/mol. The van der Waals surface area contributed by atoms with Gasteiger partial charge in [-0.25, -0.2) is 4.39 Å². The zero-order valence-electron chi connectivity index (χ0n) is 12.2. The van der Waals surface area contributed by atoms with Gasteiger partial charge < -0.3 is 14.2 Å². The lowest BCUT2D eigenvalue weighted by Gasteiger charge is -2.15. The highest BCUT2D eigenvalue weighted by Crippen LogP contribution is 2.21. The molecule has 0 aliphatic rings. The quantitative estimate of drug-likeness (QED) is 0.780. The van der Waals surface area contributed by atoms with Crippen LogP contribution in [-0.4, -0.2) is 34.6 Å². The van der Waals surface area contributed by atoms with Crippen molar-refractivity contribution in [2.45, 2.75) is 19.9 Å². The second kappa shape index (κ2) is 7.35. The van der Waals surface area contributed by atoms with Crippen LogP contribution in [0.25, 0.3) is 0 Å². The summed E-state index contributed by atoms with van der Waals surface area (Å²) in [6, 6.07) is 4.36. The Morgan fingerprint density at radius 2 is 2.27 bits per heavy atom. The van der Waals surface area contributed by atoms with Crippen LogP contribution in [0.2, 0.25) is 0 Å². The third-order valence-electron chi connectivity index (χ3n) is 2.87. The molecule has 1 amide bonds. The van der Waals surface area contributed by atoms with Crippen LogP contribution in [0, 0.1) is 5.82 Å². The monoisotopic (exact) mass is 371 g/mol. The lowest BCUT2D eigenvalue weighted by Crippen LogP contribution is -2.31. The highest BCUT2D eigenvalue weighted by Gasteiger charge is 2.15. The molecule has 1 aromatic heterocycles. The van der Waals surface area contributed by atoms with Gasteiger partial charge in [-0.15, -0.1) is 0 Å². The third kappa shape index (κ3) is 4.27. The molecule has 2 aromatic rings. The van der Waals surface area contributed by atoms with Gasteiger partial charge in [-0.1, -0.05) is 28.0 Å². The molecule has 8 heteroatoms. The molecule has 0 N–H and O–H groups in total. The van der Waals surface area contributed by atoms with E-state index in [9.17, 15) is 9.18 Å². The average Bonchev–Trinajstić information content (AvgIpc) is 2.93. The molecule has 0 atom stereocenters. The van der Waals surface area contributed by atoms with Crippen molar-refractivity contribution in [2.75, 3.05) is 13.7 Å². The number of benzene rings is 1. The molecule has 6 nitrogen and oxygen atoms in total. The number of rotatable bonds is 6. The van der Waals surface area contributed by atoms with Gasteiger partial charge in [-0.2, -0.15) is 4.98 Å². The number of likely N-dealkylation sites (N-methyl/N-ethyl adjacent to an activating group) is 1. The van der Waals surface area contributed by atoms with Crippen LogP contribution in [0.15, 0.2) is 27.2 Å². The van der Waals surface area contributed by atoms with Crippen molar-refractivity contribution >= 4 is 21.8 Å². The van der Waals surface area contributed by atoms with Gasteiger partial charge in [0.25, 0.3) is 5.91 Å². The molecular formula is C14H15BrFN3O3. The van der Waals surface area contributed by atoms with Gasteiger partial charge in [0, 0.05) is 17.9 Å². The van der Waals surface area contributed by atoms with Gasteiger partial charge in [0.1, 0.15) is 0 Å². The summed E-state index contributed by atoms with van der Waals surface area (Å²) in [7, 11) is 1.58. The Kier molecular flexibility index (Phi) is 5.48. The van der Waals surface area contributed by atoms with E-state index in [4.69, 9.17) is 9.26 Å². The maximum absolute atomic E-state index is 13.6. The molecule has 0 unspecified atom stereocenters. The minimum Gasteiger partial charge on any atom is -0.481 e. The van der Waals surface area contributed by atoms with Crippen LogP contribution in [0.3, 0.4) is 0 Å². The van der Waals surface area contributed by atoms with Crippen molar-refractivity contribution in [1.29, 1.82) is 0 Å². The summed E-state index contributed by atoms with van der Waals surface area (Å²) in [6.07, 6.45) is 0.660. The third-order valence-corrected chi connectivity index (χ3v) is 3.36. The molecular weight excluding hydrogens is 357 g/mol. The molecule has 0 bridgehead atoms. The van der Waals surface area contributed by atoms with Crippen LogP contribution >= 0.6 is 15.9 Å². The number of amides is 1. The number of carbonyl (C=O) groups excluding carboxylic acids is 1. The lowest BCUT2D eigenvalue weighted by molar-refractivity contribution is -0.132. The fraction of sp³-hybridized carbons (Fsp3) is 0.357. The number of carbonyl (C=O) groups is 1. The minimum atomic E-state index is -0.533. The van der Waals surface area contributed by atoms with Gasteiger partial charge in [0.05, 0.1) is 6.54 Å². The Morgan fingerprint density at radius 3 is 2.91 bits per heavy atom. The number of hydrogen-bond acceptors (Lipinski definition) is 5. The van der Waals surface area contributed by atoms with E-state index in [1.807, 2.05) is 6.92 Å². The Morgan fingerprint density at radius 1 is 1.50 bits per heavy atom. The van der Waals surface area contributed by atoms with E-state index in [1.165, 1.54) is 17.0 Å². The van der Waals surface area contributed by atoms with Crippen molar-refractivity contribution in [2.24, 2.45) is 0 Å². The second-order valence-electron chi connectivity index (χ2n) is 4.57. The first-order chi connectivity index (χ1) is 10.5. The highest BCUT2D eigenvalue weighted by molar-refractivity contribution is 9.10. The predicted octanol–water partition coefficient (Wildman–Crippen LogP) is 2.57. The smallest absolute Gasteiger partial charge is 0.260 e. The van der Waals surface area contributed by atoms with Crippen molar-refractivity contribution in [3.05, 3.63) is 40.2 Å². The lowest BCUT2D eigenvalue weighted by atomic mass is 10.3. The standard InChI is InChI=1S/C14H15BrFN3O3/c1-3-12-17-13(22-18-12)7-19(2)14(20)8-21-11-5-4-9(15)6-10(11)16/h4-6H,3,7-8H2,1-2H3. The predicted molar refractivity (Wildman–Crippen MR) is 79.7 cm³/mol. The largest absolute Gasteiger partial charge is 0.481 e. The Hall–Kier alpha value is -1.96. The SMILES string of the molecule is CCc1noc(CN(C)C(=O)COc2ccc(Br)cc2F)n1. The maximum atomic E-state index is 13.6. The van der Waals surface area contributed by atoms with E-state index in [1.54, 1.807) is 13.1 Å². The molecule has 0 radical (unpaired) electrons. The van der Waals surface area contributed by atoms with Crippen LogP contribution in [0.4, 0.5) is 4.39 Å². The number of nitrogens with zero attached hydrogens (tertiary/aromatic N) is 3. The molecule has 118 valence electrons. The van der Waals surface area contributed by atoms with Gasteiger partial charge in [-0.05, 0) is 18.2 Å². The summed E-state index contributed by atoms with van der Waals surface area (Å²) in [5.41, 5.74) is 0. The van der Waals surface area contributed by atoms with Crippen LogP contribution < -0.4 is 4.74 Å². The summed E-state index contributed by atoms with van der Waals surface area (Å²) in [4.78, 5) is 17.4. The van der Waals surface area contributed by atoms with Gasteiger partial charge >= 0.3 is 0 Å². The zero-order chi connectivity index (χ0) is 16.1. The summed E-state index contributed by atoms with van der Waals surface area (Å²) < 4.78 is 24.4. The molecule has 22 heavy (non-hydrogen) atoms. The first-order valence-electron chi connectivity index (χ1n) is 6.63. The second-order valence-corrected chi connectivity index (χ2v) is 5.49. The Bertz CT molecular complexity index is 663. The normalized spacial score (nSPS) is 10.5. The van der Waals surface area contributed by atoms with Gasteiger partial charge in [0.15, 0.2) is 24.0 Å². The van der Waals surface area contributed by atoms with E-state index in [0.29, 0.717) is 22.6 Å². The molecule has 0 fully saturated rings. The van der Waals surface area contributed by atoms with E-state index in [-0.39, 0.29) is 24.8 Å². The van der Waals surface area contributed by atoms with Crippen LogP contribution in [-0.2, 0) is 17.8 Å². The van der Waals surface area contributed by atoms with Crippen molar-refractivity contribution in [3.8, 4) is 5.75 Å². The van der Waals surface area contributed by atoms with Gasteiger partial charge in [-0.3, -0.25) is 4.79 Å². The van der Waals surface area contributed by atoms with E-state index in [2.05, 4.69) is 26.1 Å². The molecule has 1 aromatic carbocycles. The Balaban J connectivity index is 1.88. The molecule has 0 saturated carbocycles. The summed E-state index contributed by atoms with van der Waals surface area (Å²) in [6.45, 7) is 1.81. The first-order valence-corrected chi connectivity index (χ1v) is 7.42. The van der Waals surface area contributed by atoms with Gasteiger partial charge in [0.2, 0.25) is 5.89 Å². The Labute approximate surface area is 135 Å². The maximum Gasteiger partial charge on any atom is 0.260 e. The zero-order valence-corrected chi connectivity index (χ0v) is 13.8. The minimum absolute atomic E-state index is 0.0241. The number of halogens is 2. The number of aryl methyl sites for hydroxylation is 1. The van der Waals surface area contributed by atoms with E-state index < -0.39 is 5.82 Å². The molecule has 0 aliphatic heterocycles. The van der Waals surface area contributed by atoms with Crippen molar-refractivity contribution < 1.29 is 18.4 Å². The van der Waals surface area contributed by atoms with E-state index >= 15 is 0 Å². The number of hydrogen-bond donors (Lipinski definition) is 0. The van der Waals surface area contributed by atoms with E-state index in [0.717, 1.165) is 0 Å². The fourth-order valence-corrected chi connectivity index (χ4v) is 1.96. The first kappa shape index (κ1) is 16.4. The summed E-state index contributed by atoms with van der Waals surface area (Å²) in [5.74, 6) is 0.107. The summed E-state index contributed by atoms with van der Waals surface area (Å²) >= 11 is 3.15. The summed E-state index contributed by atoms with van der Waals surface area (Å²) in [5, 5.41) is 3.75. The molecule has 1 heterocycles.